The summed E-state index contributed by atoms with van der Waals surface area (Å²) in [5, 5.41) is 13.1. The summed E-state index contributed by atoms with van der Waals surface area (Å²) >= 11 is 0.984. The van der Waals surface area contributed by atoms with Gasteiger partial charge in [-0.05, 0) is 32.9 Å². The van der Waals surface area contributed by atoms with Crippen LogP contribution in [0.2, 0.25) is 0 Å². The number of aryl methyl sites for hydroxylation is 2. The minimum absolute atomic E-state index is 0.216. The fourth-order valence-electron chi connectivity index (χ4n) is 2.39. The number of aromatic nitrogens is 2. The fourth-order valence-corrected chi connectivity index (χ4v) is 3.12. The number of carbonyl (C=O) groups excluding carboxylic acids is 2. The van der Waals surface area contributed by atoms with Crippen molar-refractivity contribution >= 4 is 35.0 Å². The molecule has 166 valence electrons. The molecule has 0 radical (unpaired) electrons. The molecule has 0 bridgehead atoms. The molecule has 13 heteroatoms. The monoisotopic (exact) mass is 458 g/mol. The zero-order valence-corrected chi connectivity index (χ0v) is 17.3. The first kappa shape index (κ1) is 24.1. The van der Waals surface area contributed by atoms with Crippen molar-refractivity contribution in [1.82, 2.24) is 9.97 Å². The number of ether oxygens (including phenoxy) is 1. The van der Waals surface area contributed by atoms with Crippen LogP contribution in [0.4, 0.5) is 24.5 Å². The van der Waals surface area contributed by atoms with Crippen LogP contribution in [0.3, 0.4) is 0 Å². The Morgan fingerprint density at radius 3 is 2.39 bits per heavy atom. The minimum Gasteiger partial charge on any atom is -0.452 e. The van der Waals surface area contributed by atoms with Gasteiger partial charge in [0.05, 0.1) is 21.9 Å². The molecule has 0 unspecified atom stereocenters. The van der Waals surface area contributed by atoms with Gasteiger partial charge in [-0.2, -0.15) is 13.2 Å². The van der Waals surface area contributed by atoms with Gasteiger partial charge in [-0.25, -0.2) is 9.97 Å². The predicted molar refractivity (Wildman–Crippen MR) is 105 cm³/mol. The van der Waals surface area contributed by atoms with E-state index in [0.717, 1.165) is 23.9 Å². The van der Waals surface area contributed by atoms with Gasteiger partial charge in [-0.1, -0.05) is 11.8 Å². The van der Waals surface area contributed by atoms with Crippen molar-refractivity contribution in [3.05, 3.63) is 51.3 Å². The van der Waals surface area contributed by atoms with Gasteiger partial charge < -0.3 is 10.1 Å². The Balaban J connectivity index is 2.02. The number of non-ortho nitro benzene ring substituents is 1. The van der Waals surface area contributed by atoms with Gasteiger partial charge in [0.25, 0.3) is 11.6 Å². The number of carbonyl (C=O) groups is 2. The van der Waals surface area contributed by atoms with Crippen LogP contribution in [-0.4, -0.2) is 38.6 Å². The van der Waals surface area contributed by atoms with Crippen LogP contribution in [0.1, 0.15) is 23.9 Å². The van der Waals surface area contributed by atoms with Gasteiger partial charge in [-0.3, -0.25) is 19.7 Å². The number of benzene rings is 1. The summed E-state index contributed by atoms with van der Waals surface area (Å²) in [5.74, 6) is -2.04. The standard InChI is InChI=1S/C18H17F3N4O5S/c1-9-6-10(2)23-17(22-9)31-8-15(26)30-11(3)16(27)24-14-5-4-12(25(28)29)7-13(14)18(19,20)21/h4-7,11H,8H2,1-3H3,(H,24,27)/t11-/m0/s1. The number of nitrogens with one attached hydrogen (secondary N) is 1. The fraction of sp³-hybridized carbons (Fsp3) is 0.333. The van der Waals surface area contributed by atoms with E-state index in [-0.39, 0.29) is 5.75 Å². The lowest BCUT2D eigenvalue weighted by molar-refractivity contribution is -0.385. The van der Waals surface area contributed by atoms with E-state index in [1.807, 2.05) is 5.32 Å². The molecule has 0 saturated heterocycles. The molecule has 0 aliphatic carbocycles. The number of rotatable bonds is 7. The number of nitrogens with zero attached hydrogens (tertiary/aromatic N) is 3. The van der Waals surface area contributed by atoms with E-state index >= 15 is 0 Å². The van der Waals surface area contributed by atoms with Crippen LogP contribution in [0.5, 0.6) is 0 Å². The minimum atomic E-state index is -4.95. The highest BCUT2D eigenvalue weighted by Crippen LogP contribution is 2.37. The van der Waals surface area contributed by atoms with Crippen molar-refractivity contribution in [1.29, 1.82) is 0 Å². The van der Waals surface area contributed by atoms with Gasteiger partial charge in [-0.15, -0.1) is 0 Å². The van der Waals surface area contributed by atoms with Crippen molar-refractivity contribution in [2.75, 3.05) is 11.1 Å². The number of hydrogen-bond donors (Lipinski definition) is 1. The number of halogens is 3. The van der Waals surface area contributed by atoms with E-state index in [2.05, 4.69) is 9.97 Å². The van der Waals surface area contributed by atoms with E-state index < -0.39 is 46.0 Å². The van der Waals surface area contributed by atoms with Crippen LogP contribution in [0.15, 0.2) is 29.4 Å². The number of hydrogen-bond acceptors (Lipinski definition) is 8. The van der Waals surface area contributed by atoms with Gasteiger partial charge in [0.2, 0.25) is 0 Å². The maximum atomic E-state index is 13.2. The molecule has 1 N–H and O–H groups in total. The summed E-state index contributed by atoms with van der Waals surface area (Å²) < 4.78 is 44.5. The third-order valence-electron chi connectivity index (χ3n) is 3.74. The molecule has 31 heavy (non-hydrogen) atoms. The van der Waals surface area contributed by atoms with Crippen LogP contribution in [0, 0.1) is 24.0 Å². The molecule has 0 aliphatic heterocycles. The number of amides is 1. The number of anilines is 1. The molecule has 0 aliphatic rings. The molecule has 2 rings (SSSR count). The first-order chi connectivity index (χ1) is 14.4. The summed E-state index contributed by atoms with van der Waals surface area (Å²) in [5.41, 5.74) is -1.45. The molecular weight excluding hydrogens is 441 g/mol. The lowest BCUT2D eigenvalue weighted by Crippen LogP contribution is -2.31. The zero-order valence-electron chi connectivity index (χ0n) is 16.5. The van der Waals surface area contributed by atoms with Crippen LogP contribution in [-0.2, 0) is 20.5 Å². The van der Waals surface area contributed by atoms with Crippen molar-refractivity contribution in [2.45, 2.75) is 38.2 Å². The van der Waals surface area contributed by atoms with Crippen molar-refractivity contribution in [2.24, 2.45) is 0 Å². The average molecular weight is 458 g/mol. The van der Waals surface area contributed by atoms with Crippen molar-refractivity contribution in [3.8, 4) is 0 Å². The maximum Gasteiger partial charge on any atom is 0.418 e. The van der Waals surface area contributed by atoms with Crippen molar-refractivity contribution in [3.63, 3.8) is 0 Å². The van der Waals surface area contributed by atoms with E-state index in [1.165, 1.54) is 6.92 Å². The molecule has 1 aromatic carbocycles. The third kappa shape index (κ3) is 6.91. The van der Waals surface area contributed by atoms with E-state index in [1.54, 1.807) is 19.9 Å². The molecule has 1 amide bonds. The molecule has 1 atom stereocenters. The SMILES string of the molecule is Cc1cc(C)nc(SCC(=O)O[C@@H](C)C(=O)Nc2ccc([N+](=O)[O-])cc2C(F)(F)F)n1. The Labute approximate surface area is 178 Å². The Morgan fingerprint density at radius 2 is 1.84 bits per heavy atom. The van der Waals surface area contributed by atoms with Gasteiger partial charge in [0.1, 0.15) is 0 Å². The maximum absolute atomic E-state index is 13.2. The Morgan fingerprint density at radius 1 is 1.23 bits per heavy atom. The lowest BCUT2D eigenvalue weighted by Gasteiger charge is -2.16. The first-order valence-electron chi connectivity index (χ1n) is 8.68. The van der Waals surface area contributed by atoms with Gasteiger partial charge >= 0.3 is 12.1 Å². The number of nitro groups is 1. The van der Waals surface area contributed by atoms with E-state index in [9.17, 15) is 32.9 Å². The largest absolute Gasteiger partial charge is 0.452 e. The highest BCUT2D eigenvalue weighted by atomic mass is 32.2. The lowest BCUT2D eigenvalue weighted by atomic mass is 10.1. The van der Waals surface area contributed by atoms with Crippen molar-refractivity contribution < 1.29 is 32.4 Å². The second-order valence-corrected chi connectivity index (χ2v) is 7.27. The van der Waals surface area contributed by atoms with Gasteiger partial charge in [0.15, 0.2) is 11.3 Å². The topological polar surface area (TPSA) is 124 Å². The highest BCUT2D eigenvalue weighted by Gasteiger charge is 2.36. The Kier molecular flexibility index (Phi) is 7.55. The highest BCUT2D eigenvalue weighted by molar-refractivity contribution is 7.99. The molecular formula is C18H17F3N4O5S. The smallest absolute Gasteiger partial charge is 0.418 e. The van der Waals surface area contributed by atoms with Crippen LogP contribution < -0.4 is 5.32 Å². The first-order valence-corrected chi connectivity index (χ1v) is 9.66. The number of alkyl halides is 3. The van der Waals surface area contributed by atoms with Gasteiger partial charge in [0, 0.05) is 23.5 Å². The summed E-state index contributed by atoms with van der Waals surface area (Å²) in [6.07, 6.45) is -6.36. The summed E-state index contributed by atoms with van der Waals surface area (Å²) in [6.45, 7) is 4.71. The molecule has 1 aromatic heterocycles. The van der Waals surface area contributed by atoms with Crippen LogP contribution in [0.25, 0.3) is 0 Å². The Bertz CT molecular complexity index is 996. The number of nitro benzene ring substituents is 1. The molecule has 2 aromatic rings. The normalized spacial score (nSPS) is 12.2. The second kappa shape index (κ2) is 9.73. The molecule has 0 fully saturated rings. The summed E-state index contributed by atoms with van der Waals surface area (Å²) in [7, 11) is 0. The molecule has 0 saturated carbocycles. The molecule has 1 heterocycles. The molecule has 0 spiro atoms. The van der Waals surface area contributed by atoms with E-state index in [0.29, 0.717) is 22.6 Å². The average Bonchev–Trinajstić information content (AvgIpc) is 2.64. The molecule has 9 nitrogen and oxygen atoms in total. The number of esters is 1. The second-order valence-electron chi connectivity index (χ2n) is 6.33. The summed E-state index contributed by atoms with van der Waals surface area (Å²) in [6, 6.07) is 3.65. The predicted octanol–water partition coefficient (Wildman–Crippen LogP) is 3.68. The Hall–Kier alpha value is -3.22. The third-order valence-corrected chi connectivity index (χ3v) is 4.56. The van der Waals surface area contributed by atoms with Crippen LogP contribution >= 0.6 is 11.8 Å². The zero-order chi connectivity index (χ0) is 23.3. The summed E-state index contributed by atoms with van der Waals surface area (Å²) in [4.78, 5) is 42.2. The van der Waals surface area contributed by atoms with E-state index in [4.69, 9.17) is 4.74 Å². The number of thioether (sulfide) groups is 1. The quantitative estimate of drug-likeness (QED) is 0.219.